The van der Waals surface area contributed by atoms with Crippen molar-refractivity contribution in [1.29, 1.82) is 0 Å². The quantitative estimate of drug-likeness (QED) is 0.454. The Balaban J connectivity index is 2.13. The van der Waals surface area contributed by atoms with E-state index in [1.807, 2.05) is 0 Å². The molecule has 0 aliphatic carbocycles. The number of ether oxygens (including phenoxy) is 1. The lowest BCUT2D eigenvalue weighted by molar-refractivity contribution is -0.142. The molecule has 0 bridgehead atoms. The number of carbonyl (C=O) groups is 2. The zero-order valence-corrected chi connectivity index (χ0v) is 7.63. The van der Waals surface area contributed by atoms with Crippen LogP contribution in [0.1, 0.15) is 0 Å². The van der Waals surface area contributed by atoms with E-state index >= 15 is 0 Å². The molecule has 2 saturated heterocycles. The third kappa shape index (κ3) is 1.44. The van der Waals surface area contributed by atoms with E-state index in [2.05, 4.69) is 0 Å². The summed E-state index contributed by atoms with van der Waals surface area (Å²) in [6.07, 6.45) is 0.637. The molecule has 0 amide bonds. The van der Waals surface area contributed by atoms with Crippen molar-refractivity contribution in [3.63, 3.8) is 0 Å². The molecule has 14 heavy (non-hydrogen) atoms. The molecule has 2 aliphatic rings. The highest BCUT2D eigenvalue weighted by Crippen LogP contribution is 2.34. The predicted octanol–water partition coefficient (Wildman–Crippen LogP) is -1.17. The maximum atomic E-state index is 11.0. The number of fused-ring (bicyclic) bond motifs is 1. The predicted molar refractivity (Wildman–Crippen MR) is 48.4 cm³/mol. The highest BCUT2D eigenvalue weighted by atomic mass is 16.5. The van der Waals surface area contributed by atoms with Crippen LogP contribution in [0.5, 0.6) is 0 Å². The van der Waals surface area contributed by atoms with Crippen LogP contribution in [0.2, 0.25) is 0 Å². The number of carboxylic acid groups (broad SMARTS) is 1. The van der Waals surface area contributed by atoms with Crippen LogP contribution in [0.3, 0.4) is 0 Å². The van der Waals surface area contributed by atoms with Gasteiger partial charge in [-0.3, -0.25) is 4.79 Å². The first-order chi connectivity index (χ1) is 6.74. The normalized spacial score (nSPS) is 36.7. The molecule has 75 valence electrons. The minimum Gasteiger partial charge on any atom is -0.480 e. The molecule has 0 aromatic heterocycles. The Labute approximate surface area is 82.3 Å². The first kappa shape index (κ1) is 9.67. The maximum absolute atomic E-state index is 11.0. The van der Waals surface area contributed by atoms with Gasteiger partial charge in [-0.1, -0.05) is 0 Å². The summed E-state index contributed by atoms with van der Waals surface area (Å²) in [6, 6.07) is -0.590. The van der Waals surface area contributed by atoms with Crippen LogP contribution in [-0.2, 0) is 14.3 Å². The molecule has 6 heteroatoms. The summed E-state index contributed by atoms with van der Waals surface area (Å²) in [7, 11) is 1.32. The van der Waals surface area contributed by atoms with E-state index < -0.39 is 12.0 Å². The number of aliphatic carboxylic acids is 1. The molecule has 2 aliphatic heterocycles. The van der Waals surface area contributed by atoms with Crippen LogP contribution >= 0.6 is 0 Å². The maximum Gasteiger partial charge on any atom is 0.320 e. The molecule has 0 aromatic carbocycles. The third-order valence-electron chi connectivity index (χ3n) is 2.96. The van der Waals surface area contributed by atoms with Gasteiger partial charge in [-0.2, -0.15) is 0 Å². The van der Waals surface area contributed by atoms with Crippen molar-refractivity contribution in [2.24, 2.45) is 11.8 Å². The van der Waals surface area contributed by atoms with Gasteiger partial charge in [-0.05, 0) is 6.54 Å². The Hall–Kier alpha value is -0.875. The van der Waals surface area contributed by atoms with E-state index in [0.717, 1.165) is 0 Å². The van der Waals surface area contributed by atoms with Crippen LogP contribution in [-0.4, -0.2) is 55.3 Å². The highest BCUT2D eigenvalue weighted by molar-refractivity contribution is 6.64. The average molecular weight is 196 g/mol. The zero-order chi connectivity index (χ0) is 10.1. The van der Waals surface area contributed by atoms with E-state index in [1.54, 1.807) is 4.81 Å². The van der Waals surface area contributed by atoms with Crippen molar-refractivity contribution in [2.45, 2.75) is 6.04 Å². The van der Waals surface area contributed by atoms with Crippen LogP contribution in [0, 0.1) is 11.8 Å². The number of hydrogen-bond acceptors (Lipinski definition) is 4. The van der Waals surface area contributed by atoms with Gasteiger partial charge in [-0.15, -0.1) is 0 Å². The number of carbonyl (C=O) groups excluding carboxylic acids is 1. The minimum absolute atomic E-state index is 0.0312. The second-order valence-corrected chi connectivity index (χ2v) is 3.73. The van der Waals surface area contributed by atoms with Gasteiger partial charge < -0.3 is 19.4 Å². The largest absolute Gasteiger partial charge is 0.480 e. The first-order valence-electron chi connectivity index (χ1n) is 4.59. The van der Waals surface area contributed by atoms with E-state index in [4.69, 9.17) is 9.84 Å². The zero-order valence-electron chi connectivity index (χ0n) is 7.63. The van der Waals surface area contributed by atoms with Gasteiger partial charge in [-0.25, -0.2) is 0 Å². The van der Waals surface area contributed by atoms with Crippen LogP contribution < -0.4 is 0 Å². The van der Waals surface area contributed by atoms with Crippen molar-refractivity contribution in [2.75, 3.05) is 19.8 Å². The van der Waals surface area contributed by atoms with E-state index in [-0.39, 0.29) is 11.8 Å². The summed E-state index contributed by atoms with van der Waals surface area (Å²) in [5, 5.41) is 9.02. The van der Waals surface area contributed by atoms with Gasteiger partial charge >= 0.3 is 5.97 Å². The van der Waals surface area contributed by atoms with Crippen molar-refractivity contribution in [3.8, 4) is 0 Å². The standard InChI is InChI=1S/C8H11BNO4/c11-4-9-10-1-5-2-14-3-6(5)7(10)8(12)13/h4-7H,1-3H2,(H,12,13)/t5-,6+,7+/m1/s1. The molecule has 0 aromatic rings. The lowest BCUT2D eigenvalue weighted by Gasteiger charge is -2.20. The molecule has 0 unspecified atom stereocenters. The second-order valence-electron chi connectivity index (χ2n) is 3.73. The molecule has 2 fully saturated rings. The van der Waals surface area contributed by atoms with Crippen LogP contribution in [0.25, 0.3) is 0 Å². The Morgan fingerprint density at radius 1 is 1.57 bits per heavy atom. The summed E-state index contributed by atoms with van der Waals surface area (Å²) in [6.45, 7) is 1.71. The molecule has 0 saturated carbocycles. The number of nitrogens with zero attached hydrogens (tertiary/aromatic N) is 1. The lowest BCUT2D eigenvalue weighted by atomic mass is 9.90. The van der Waals surface area contributed by atoms with Crippen molar-refractivity contribution < 1.29 is 19.4 Å². The Kier molecular flexibility index (Phi) is 2.56. The fraction of sp³-hybridized carbons (Fsp3) is 0.750. The Morgan fingerprint density at radius 2 is 2.36 bits per heavy atom. The summed E-state index contributed by atoms with van der Waals surface area (Å²) < 4.78 is 5.23. The van der Waals surface area contributed by atoms with Crippen LogP contribution in [0.4, 0.5) is 0 Å². The topological polar surface area (TPSA) is 66.8 Å². The summed E-state index contributed by atoms with van der Waals surface area (Å²) in [5.41, 5.74) is 0. The first-order valence-corrected chi connectivity index (χ1v) is 4.59. The third-order valence-corrected chi connectivity index (χ3v) is 2.96. The second kappa shape index (κ2) is 3.71. The highest BCUT2D eigenvalue weighted by Gasteiger charge is 2.48. The summed E-state index contributed by atoms with van der Waals surface area (Å²) >= 11 is 0. The number of carboxylic acids is 1. The molecule has 2 heterocycles. The van der Waals surface area contributed by atoms with E-state index in [9.17, 15) is 9.59 Å². The smallest absolute Gasteiger partial charge is 0.320 e. The molecule has 3 atom stereocenters. The van der Waals surface area contributed by atoms with Gasteiger partial charge in [0.2, 0.25) is 0 Å². The van der Waals surface area contributed by atoms with Gasteiger partial charge in [0.15, 0.2) is 0 Å². The fourth-order valence-electron chi connectivity index (χ4n) is 2.34. The fourth-order valence-corrected chi connectivity index (χ4v) is 2.34. The van der Waals surface area contributed by atoms with Crippen LogP contribution in [0.15, 0.2) is 0 Å². The molecule has 1 radical (unpaired) electrons. The summed E-state index contributed by atoms with van der Waals surface area (Å²) in [4.78, 5) is 22.9. The average Bonchev–Trinajstić information content (AvgIpc) is 2.62. The molecule has 2 rings (SSSR count). The van der Waals surface area contributed by atoms with E-state index in [0.29, 0.717) is 25.9 Å². The summed E-state index contributed by atoms with van der Waals surface area (Å²) in [5.74, 6) is -0.586. The van der Waals surface area contributed by atoms with Gasteiger partial charge in [0.1, 0.15) is 6.04 Å². The molecular weight excluding hydrogens is 185 g/mol. The van der Waals surface area contributed by atoms with Crippen molar-refractivity contribution in [1.82, 2.24) is 4.81 Å². The molecule has 1 N–H and O–H groups in total. The lowest BCUT2D eigenvalue weighted by Crippen LogP contribution is -2.43. The van der Waals surface area contributed by atoms with Gasteiger partial charge in [0, 0.05) is 11.8 Å². The van der Waals surface area contributed by atoms with Crippen molar-refractivity contribution >= 4 is 19.6 Å². The Bertz CT molecular complexity index is 260. The van der Waals surface area contributed by atoms with Crippen molar-refractivity contribution in [3.05, 3.63) is 0 Å². The number of hydrogen-bond donors (Lipinski definition) is 1. The Morgan fingerprint density at radius 3 is 3.00 bits per heavy atom. The van der Waals surface area contributed by atoms with Gasteiger partial charge in [0.05, 0.1) is 19.4 Å². The minimum atomic E-state index is -0.874. The number of rotatable bonds is 3. The molecule has 0 spiro atoms. The van der Waals surface area contributed by atoms with Gasteiger partial charge in [0.25, 0.3) is 7.41 Å². The SMILES string of the molecule is O=C[B]N1C[C@@H]2COC[C@@H]2[C@H]1C(=O)O. The monoisotopic (exact) mass is 196 g/mol. The molecular formula is C8H11BNO4. The molecule has 5 nitrogen and oxygen atoms in total. The van der Waals surface area contributed by atoms with E-state index in [1.165, 1.54) is 7.41 Å².